The molecule has 7 nitrogen and oxygen atoms in total. The molecule has 1 N–H and O–H groups in total. The minimum absolute atomic E-state index is 0.0833. The minimum Gasteiger partial charge on any atom is -0.497 e. The number of amides is 1. The molecule has 1 heterocycles. The lowest BCUT2D eigenvalue weighted by Gasteiger charge is -2.08. The zero-order valence-electron chi connectivity index (χ0n) is 17.0. The number of nitrogens with zero attached hydrogens (tertiary/aromatic N) is 2. The molecular formula is C24H19N3O4. The van der Waals surface area contributed by atoms with Crippen LogP contribution in [0, 0.1) is 6.92 Å². The van der Waals surface area contributed by atoms with E-state index >= 15 is 0 Å². The van der Waals surface area contributed by atoms with Gasteiger partial charge in [-0.1, -0.05) is 18.2 Å². The number of hydrogen-bond acceptors (Lipinski definition) is 6. The predicted octanol–water partition coefficient (Wildman–Crippen LogP) is 5.78. The summed E-state index contributed by atoms with van der Waals surface area (Å²) in [7, 11) is 1.60. The third-order valence-electron chi connectivity index (χ3n) is 4.71. The van der Waals surface area contributed by atoms with Crippen LogP contribution in [0.5, 0.6) is 5.75 Å². The van der Waals surface area contributed by atoms with Crippen molar-refractivity contribution < 1.29 is 13.9 Å². The lowest BCUT2D eigenvalue weighted by molar-refractivity contribution is 0.102. The highest BCUT2D eigenvalue weighted by Gasteiger charge is 2.15. The van der Waals surface area contributed by atoms with Crippen LogP contribution in [0.25, 0.3) is 11.0 Å². The van der Waals surface area contributed by atoms with Crippen molar-refractivity contribution in [3.05, 3.63) is 94.3 Å². The summed E-state index contributed by atoms with van der Waals surface area (Å²) >= 11 is 0. The first-order chi connectivity index (χ1) is 15.0. The van der Waals surface area contributed by atoms with Gasteiger partial charge in [0.2, 0.25) is 0 Å². The zero-order valence-corrected chi connectivity index (χ0v) is 17.0. The van der Waals surface area contributed by atoms with Crippen molar-refractivity contribution in [1.29, 1.82) is 0 Å². The van der Waals surface area contributed by atoms with E-state index in [1.807, 2.05) is 25.1 Å². The number of azo groups is 1. The van der Waals surface area contributed by atoms with Crippen LogP contribution < -0.4 is 15.7 Å². The number of carbonyl (C=O) groups excluding carboxylic acids is 1. The summed E-state index contributed by atoms with van der Waals surface area (Å²) in [6, 6.07) is 21.0. The van der Waals surface area contributed by atoms with Crippen molar-refractivity contribution in [2.45, 2.75) is 6.92 Å². The molecule has 7 heteroatoms. The summed E-state index contributed by atoms with van der Waals surface area (Å²) in [5.41, 5.74) is 2.32. The van der Waals surface area contributed by atoms with Crippen molar-refractivity contribution in [2.75, 3.05) is 12.4 Å². The zero-order chi connectivity index (χ0) is 21.8. The Kier molecular flexibility index (Phi) is 5.57. The number of para-hydroxylation sites is 1. The average molecular weight is 413 g/mol. The number of aryl methyl sites for hydroxylation is 1. The number of rotatable bonds is 5. The highest BCUT2D eigenvalue weighted by atomic mass is 16.5. The first-order valence-corrected chi connectivity index (χ1v) is 9.54. The third kappa shape index (κ3) is 4.51. The van der Waals surface area contributed by atoms with E-state index in [1.54, 1.807) is 55.6 Å². The van der Waals surface area contributed by atoms with Crippen molar-refractivity contribution in [2.24, 2.45) is 10.2 Å². The molecule has 0 unspecified atom stereocenters. The molecule has 0 aliphatic heterocycles. The van der Waals surface area contributed by atoms with Crippen LogP contribution in [0.1, 0.15) is 15.9 Å². The lowest BCUT2D eigenvalue weighted by atomic mass is 10.1. The molecule has 0 aliphatic rings. The quantitative estimate of drug-likeness (QED) is 0.332. The highest BCUT2D eigenvalue weighted by Crippen LogP contribution is 2.25. The van der Waals surface area contributed by atoms with Gasteiger partial charge in [-0.15, -0.1) is 0 Å². The highest BCUT2D eigenvalue weighted by molar-refractivity contribution is 6.05. The van der Waals surface area contributed by atoms with Crippen molar-refractivity contribution >= 4 is 33.9 Å². The van der Waals surface area contributed by atoms with Crippen LogP contribution >= 0.6 is 0 Å². The number of ether oxygens (including phenoxy) is 1. The standard InChI is InChI=1S/C24H19N3O4/c1-15-5-3-4-6-21(15)25-23(28)20-14-16-13-18(9-12-22(16)31-24(20)29)27-26-17-7-10-19(30-2)11-8-17/h3-14H,1-2H3,(H,25,28). The van der Waals surface area contributed by atoms with E-state index in [0.29, 0.717) is 28.0 Å². The summed E-state index contributed by atoms with van der Waals surface area (Å²) in [5.74, 6) is 0.200. The first-order valence-electron chi connectivity index (χ1n) is 9.54. The Labute approximate surface area is 178 Å². The maximum Gasteiger partial charge on any atom is 0.349 e. The fraction of sp³-hybridized carbons (Fsp3) is 0.0833. The summed E-state index contributed by atoms with van der Waals surface area (Å²) in [6.45, 7) is 1.87. The van der Waals surface area contributed by atoms with E-state index in [1.165, 1.54) is 6.07 Å². The van der Waals surface area contributed by atoms with Crippen LogP contribution in [0.4, 0.5) is 17.1 Å². The van der Waals surface area contributed by atoms with E-state index in [-0.39, 0.29) is 5.56 Å². The Morgan fingerprint density at radius 3 is 2.39 bits per heavy atom. The molecule has 31 heavy (non-hydrogen) atoms. The predicted molar refractivity (Wildman–Crippen MR) is 119 cm³/mol. The van der Waals surface area contributed by atoms with Crippen LogP contribution in [0.15, 0.2) is 92.2 Å². The number of anilines is 1. The third-order valence-corrected chi connectivity index (χ3v) is 4.71. The molecule has 3 aromatic carbocycles. The van der Waals surface area contributed by atoms with Gasteiger partial charge in [-0.2, -0.15) is 10.2 Å². The Hall–Kier alpha value is -4.26. The molecule has 154 valence electrons. The minimum atomic E-state index is -0.703. The molecule has 0 spiro atoms. The van der Waals surface area contributed by atoms with Gasteiger partial charge in [-0.3, -0.25) is 4.79 Å². The van der Waals surface area contributed by atoms with E-state index in [9.17, 15) is 9.59 Å². The monoisotopic (exact) mass is 413 g/mol. The van der Waals surface area contributed by atoms with Gasteiger partial charge in [0.1, 0.15) is 16.9 Å². The van der Waals surface area contributed by atoms with Gasteiger partial charge >= 0.3 is 5.63 Å². The van der Waals surface area contributed by atoms with E-state index in [0.717, 1.165) is 11.3 Å². The fourth-order valence-electron chi connectivity index (χ4n) is 3.00. The summed E-state index contributed by atoms with van der Waals surface area (Å²) in [5, 5.41) is 11.7. The molecule has 0 atom stereocenters. The van der Waals surface area contributed by atoms with Crippen molar-refractivity contribution in [3.63, 3.8) is 0 Å². The lowest BCUT2D eigenvalue weighted by Crippen LogP contribution is -2.21. The summed E-state index contributed by atoms with van der Waals surface area (Å²) < 4.78 is 10.4. The smallest absolute Gasteiger partial charge is 0.349 e. The van der Waals surface area contributed by atoms with Crippen molar-refractivity contribution in [1.82, 2.24) is 0 Å². The maximum atomic E-state index is 12.7. The molecule has 1 amide bonds. The second kappa shape index (κ2) is 8.62. The summed E-state index contributed by atoms with van der Waals surface area (Å²) in [4.78, 5) is 25.0. The van der Waals surface area contributed by atoms with Gasteiger partial charge in [0, 0.05) is 11.1 Å². The van der Waals surface area contributed by atoms with E-state index < -0.39 is 11.5 Å². The molecule has 0 aliphatic carbocycles. The number of benzene rings is 3. The first kappa shape index (κ1) is 20.0. The number of methoxy groups -OCH3 is 1. The number of hydrogen-bond donors (Lipinski definition) is 1. The second-order valence-corrected chi connectivity index (χ2v) is 6.84. The fourth-order valence-corrected chi connectivity index (χ4v) is 3.00. The van der Waals surface area contributed by atoms with Crippen LogP contribution in [-0.2, 0) is 0 Å². The Morgan fingerprint density at radius 1 is 0.935 bits per heavy atom. The van der Waals surface area contributed by atoms with Gasteiger partial charge in [0.15, 0.2) is 0 Å². The molecule has 0 bridgehead atoms. The van der Waals surface area contributed by atoms with E-state index in [4.69, 9.17) is 9.15 Å². The average Bonchev–Trinajstić information content (AvgIpc) is 2.79. The summed E-state index contributed by atoms with van der Waals surface area (Å²) in [6.07, 6.45) is 0. The largest absolute Gasteiger partial charge is 0.497 e. The molecule has 4 aromatic rings. The number of fused-ring (bicyclic) bond motifs is 1. The molecule has 4 rings (SSSR count). The van der Waals surface area contributed by atoms with E-state index in [2.05, 4.69) is 15.5 Å². The molecular weight excluding hydrogens is 394 g/mol. The SMILES string of the molecule is COc1ccc(N=Nc2ccc3oc(=O)c(C(=O)Nc4ccccc4C)cc3c2)cc1. The number of carbonyl (C=O) groups is 1. The maximum absolute atomic E-state index is 12.7. The molecule has 0 saturated carbocycles. The van der Waals surface area contributed by atoms with Crippen LogP contribution in [0.3, 0.4) is 0 Å². The molecule has 0 saturated heterocycles. The topological polar surface area (TPSA) is 93.3 Å². The van der Waals surface area contributed by atoms with Gasteiger partial charge in [0.25, 0.3) is 5.91 Å². The Bertz CT molecular complexity index is 1340. The molecule has 0 radical (unpaired) electrons. The van der Waals surface area contributed by atoms with Crippen LogP contribution in [-0.4, -0.2) is 13.0 Å². The van der Waals surface area contributed by atoms with Gasteiger partial charge in [-0.25, -0.2) is 4.79 Å². The van der Waals surface area contributed by atoms with Crippen molar-refractivity contribution in [3.8, 4) is 5.75 Å². The van der Waals surface area contributed by atoms with Gasteiger partial charge < -0.3 is 14.5 Å². The normalized spacial score (nSPS) is 11.0. The second-order valence-electron chi connectivity index (χ2n) is 6.84. The van der Waals surface area contributed by atoms with Crippen LogP contribution in [0.2, 0.25) is 0 Å². The van der Waals surface area contributed by atoms with Gasteiger partial charge in [0.05, 0.1) is 18.5 Å². The Morgan fingerprint density at radius 2 is 1.65 bits per heavy atom. The molecule has 0 fully saturated rings. The Balaban J connectivity index is 1.62. The molecule has 1 aromatic heterocycles. The number of nitrogens with one attached hydrogen (secondary N) is 1. The van der Waals surface area contributed by atoms with Gasteiger partial charge in [-0.05, 0) is 67.1 Å².